The maximum Gasteiger partial charge on any atom is 0.338 e. The van der Waals surface area contributed by atoms with Crippen molar-refractivity contribution in [3.8, 4) is 28.4 Å². The molecular formula is C28H25FO5. The van der Waals surface area contributed by atoms with E-state index in [2.05, 4.69) is 13.2 Å². The lowest BCUT2D eigenvalue weighted by Crippen LogP contribution is -2.08. The molecule has 0 aliphatic rings. The summed E-state index contributed by atoms with van der Waals surface area (Å²) < 4.78 is 31.0. The van der Waals surface area contributed by atoms with Crippen molar-refractivity contribution in [2.45, 2.75) is 27.4 Å². The summed E-state index contributed by atoms with van der Waals surface area (Å²) in [6.45, 7) is 12.1. The minimum absolute atomic E-state index is 0.131. The summed E-state index contributed by atoms with van der Waals surface area (Å²) in [5, 5.41) is 0. The van der Waals surface area contributed by atoms with Crippen LogP contribution in [0.3, 0.4) is 0 Å². The zero-order valence-electron chi connectivity index (χ0n) is 19.3. The van der Waals surface area contributed by atoms with E-state index in [1.807, 2.05) is 0 Å². The van der Waals surface area contributed by atoms with E-state index in [1.54, 1.807) is 81.4 Å². The van der Waals surface area contributed by atoms with Gasteiger partial charge in [-0.2, -0.15) is 0 Å². The molecule has 0 radical (unpaired) electrons. The van der Waals surface area contributed by atoms with Crippen molar-refractivity contribution in [2.24, 2.45) is 0 Å². The van der Waals surface area contributed by atoms with Crippen LogP contribution in [0.4, 0.5) is 4.39 Å². The van der Waals surface area contributed by atoms with E-state index in [9.17, 15) is 9.59 Å². The van der Waals surface area contributed by atoms with Gasteiger partial charge in [0.1, 0.15) is 18.1 Å². The molecule has 0 atom stereocenters. The third-order valence-electron chi connectivity index (χ3n) is 4.95. The molecule has 0 spiro atoms. The first-order valence-corrected chi connectivity index (χ1v) is 10.5. The summed E-state index contributed by atoms with van der Waals surface area (Å²) in [7, 11) is 0. The largest absolute Gasteiger partial charge is 0.486 e. The molecular weight excluding hydrogens is 435 g/mol. The van der Waals surface area contributed by atoms with E-state index in [-0.39, 0.29) is 12.4 Å². The van der Waals surface area contributed by atoms with E-state index < -0.39 is 17.8 Å². The Hall–Kier alpha value is -4.19. The van der Waals surface area contributed by atoms with Gasteiger partial charge in [-0.3, -0.25) is 0 Å². The summed E-state index contributed by atoms with van der Waals surface area (Å²) in [6, 6.07) is 16.9. The van der Waals surface area contributed by atoms with Crippen molar-refractivity contribution in [3.05, 3.63) is 102 Å². The average Bonchev–Trinajstić information content (AvgIpc) is 2.81. The van der Waals surface area contributed by atoms with Gasteiger partial charge in [-0.25, -0.2) is 14.0 Å². The fourth-order valence-electron chi connectivity index (χ4n) is 2.99. The molecule has 0 amide bonds. The van der Waals surface area contributed by atoms with Crippen LogP contribution in [0.15, 0.2) is 85.0 Å². The van der Waals surface area contributed by atoms with Crippen LogP contribution in [0.2, 0.25) is 0 Å². The zero-order chi connectivity index (χ0) is 24.8. The standard InChI is InChI=1S/C28H25FO5/c1-17(2)27(30)33-22-10-6-20(7-11-22)16-32-25-15-14-24(19(5)26(25)29)21-8-12-23(13-9-21)34-28(31)18(3)4/h6-15H,1,3,16H2,2,4-5H3. The number of hydrogen-bond acceptors (Lipinski definition) is 5. The van der Waals surface area contributed by atoms with Gasteiger partial charge < -0.3 is 14.2 Å². The SMILES string of the molecule is C=C(C)C(=O)Oc1ccc(COc2ccc(-c3ccc(OC(=O)C(=C)C)cc3)c(C)c2F)cc1. The third-order valence-corrected chi connectivity index (χ3v) is 4.95. The summed E-state index contributed by atoms with van der Waals surface area (Å²) >= 11 is 0. The lowest BCUT2D eigenvalue weighted by Gasteiger charge is -2.13. The average molecular weight is 461 g/mol. The summed E-state index contributed by atoms with van der Waals surface area (Å²) in [5.74, 6) is -0.546. The van der Waals surface area contributed by atoms with Crippen LogP contribution in [0, 0.1) is 12.7 Å². The monoisotopic (exact) mass is 460 g/mol. The van der Waals surface area contributed by atoms with Crippen molar-refractivity contribution in [2.75, 3.05) is 0 Å². The van der Waals surface area contributed by atoms with Crippen LogP contribution in [0.25, 0.3) is 11.1 Å². The van der Waals surface area contributed by atoms with Gasteiger partial charge in [-0.05, 0) is 73.4 Å². The van der Waals surface area contributed by atoms with Crippen LogP contribution < -0.4 is 14.2 Å². The molecule has 0 aliphatic heterocycles. The van der Waals surface area contributed by atoms with Gasteiger partial charge >= 0.3 is 11.9 Å². The Kier molecular flexibility index (Phi) is 7.64. The van der Waals surface area contributed by atoms with Gasteiger partial charge in [-0.1, -0.05) is 43.5 Å². The highest BCUT2D eigenvalue weighted by molar-refractivity contribution is 5.89. The number of carbonyl (C=O) groups is 2. The van der Waals surface area contributed by atoms with Crippen LogP contribution in [0.5, 0.6) is 17.2 Å². The molecule has 5 nitrogen and oxygen atoms in total. The lowest BCUT2D eigenvalue weighted by atomic mass is 9.99. The Morgan fingerprint density at radius 1 is 0.794 bits per heavy atom. The highest BCUT2D eigenvalue weighted by Gasteiger charge is 2.14. The van der Waals surface area contributed by atoms with Gasteiger partial charge in [0, 0.05) is 11.1 Å². The molecule has 3 rings (SSSR count). The van der Waals surface area contributed by atoms with Crippen LogP contribution in [-0.4, -0.2) is 11.9 Å². The minimum Gasteiger partial charge on any atom is -0.486 e. The van der Waals surface area contributed by atoms with E-state index in [4.69, 9.17) is 14.2 Å². The molecule has 174 valence electrons. The van der Waals surface area contributed by atoms with Gasteiger partial charge in [-0.15, -0.1) is 0 Å². The number of benzene rings is 3. The Morgan fingerprint density at radius 3 is 1.79 bits per heavy atom. The predicted molar refractivity (Wildman–Crippen MR) is 128 cm³/mol. The number of hydrogen-bond donors (Lipinski definition) is 0. The minimum atomic E-state index is -0.501. The zero-order valence-corrected chi connectivity index (χ0v) is 19.3. The molecule has 0 unspecified atom stereocenters. The smallest absolute Gasteiger partial charge is 0.338 e. The number of halogens is 1. The van der Waals surface area contributed by atoms with Crippen LogP contribution >= 0.6 is 0 Å². The number of esters is 2. The van der Waals surface area contributed by atoms with Gasteiger partial charge in [0.15, 0.2) is 11.6 Å². The molecule has 0 saturated carbocycles. The molecule has 3 aromatic carbocycles. The molecule has 0 saturated heterocycles. The topological polar surface area (TPSA) is 61.8 Å². The predicted octanol–water partition coefficient (Wildman–Crippen LogP) is 6.34. The normalized spacial score (nSPS) is 10.4. The van der Waals surface area contributed by atoms with Gasteiger partial charge in [0.25, 0.3) is 0 Å². The molecule has 34 heavy (non-hydrogen) atoms. The van der Waals surface area contributed by atoms with Crippen molar-refractivity contribution in [3.63, 3.8) is 0 Å². The maximum absolute atomic E-state index is 15.0. The molecule has 0 heterocycles. The van der Waals surface area contributed by atoms with E-state index in [0.29, 0.717) is 33.8 Å². The van der Waals surface area contributed by atoms with E-state index in [0.717, 1.165) is 11.1 Å². The fraction of sp³-hybridized carbons (Fsp3) is 0.143. The molecule has 3 aromatic rings. The van der Waals surface area contributed by atoms with Gasteiger partial charge in [0.2, 0.25) is 0 Å². The lowest BCUT2D eigenvalue weighted by molar-refractivity contribution is -0.130. The molecule has 0 bridgehead atoms. The molecule has 0 N–H and O–H groups in total. The number of carbonyl (C=O) groups excluding carboxylic acids is 2. The van der Waals surface area contributed by atoms with Crippen LogP contribution in [0.1, 0.15) is 25.0 Å². The van der Waals surface area contributed by atoms with Crippen molar-refractivity contribution >= 4 is 11.9 Å². The second kappa shape index (κ2) is 10.6. The second-order valence-corrected chi connectivity index (χ2v) is 7.85. The quantitative estimate of drug-likeness (QED) is 0.223. The Labute approximate surface area is 198 Å². The summed E-state index contributed by atoms with van der Waals surface area (Å²) in [6.07, 6.45) is 0. The Bertz CT molecular complexity index is 1240. The maximum atomic E-state index is 15.0. The van der Waals surface area contributed by atoms with Crippen molar-refractivity contribution < 1.29 is 28.2 Å². The fourth-order valence-corrected chi connectivity index (χ4v) is 2.99. The third kappa shape index (κ3) is 5.98. The highest BCUT2D eigenvalue weighted by Crippen LogP contribution is 2.32. The van der Waals surface area contributed by atoms with Crippen molar-refractivity contribution in [1.29, 1.82) is 0 Å². The first-order valence-electron chi connectivity index (χ1n) is 10.5. The summed E-state index contributed by atoms with van der Waals surface area (Å²) in [4.78, 5) is 23.2. The molecule has 0 aromatic heterocycles. The number of ether oxygens (including phenoxy) is 3. The highest BCUT2D eigenvalue weighted by atomic mass is 19.1. The Morgan fingerprint density at radius 2 is 1.29 bits per heavy atom. The first kappa shape index (κ1) is 24.5. The van der Waals surface area contributed by atoms with E-state index in [1.165, 1.54) is 0 Å². The number of rotatable bonds is 8. The van der Waals surface area contributed by atoms with Gasteiger partial charge in [0.05, 0.1) is 0 Å². The molecule has 6 heteroatoms. The molecule has 0 fully saturated rings. The van der Waals surface area contributed by atoms with Crippen molar-refractivity contribution in [1.82, 2.24) is 0 Å². The van der Waals surface area contributed by atoms with Crippen LogP contribution in [-0.2, 0) is 16.2 Å². The summed E-state index contributed by atoms with van der Waals surface area (Å²) in [5.41, 5.74) is 3.32. The van der Waals surface area contributed by atoms with E-state index >= 15 is 4.39 Å². The Balaban J connectivity index is 1.67. The first-order chi connectivity index (χ1) is 16.2. The second-order valence-electron chi connectivity index (χ2n) is 7.85. The molecule has 0 aliphatic carbocycles.